The van der Waals surface area contributed by atoms with E-state index >= 15 is 0 Å². The van der Waals surface area contributed by atoms with Gasteiger partial charge in [-0.3, -0.25) is 4.79 Å². The minimum atomic E-state index is -0.103. The van der Waals surface area contributed by atoms with Crippen LogP contribution in [0.25, 0.3) is 0 Å². The second-order valence-electron chi connectivity index (χ2n) is 8.02. The van der Waals surface area contributed by atoms with Gasteiger partial charge in [-0.15, -0.1) is 0 Å². The van der Waals surface area contributed by atoms with Crippen LogP contribution < -0.4 is 15.4 Å². The van der Waals surface area contributed by atoms with Crippen molar-refractivity contribution in [3.63, 3.8) is 0 Å². The van der Waals surface area contributed by atoms with Gasteiger partial charge in [0, 0.05) is 37.8 Å². The molecule has 2 N–H and O–H groups in total. The van der Waals surface area contributed by atoms with Gasteiger partial charge in [0.25, 0.3) is 5.91 Å². The van der Waals surface area contributed by atoms with Crippen LogP contribution in [0.4, 0.5) is 0 Å². The standard InChI is InChI=1S/C23H27Cl2N3O2/c24-21-6-3-17(13-22(21)25)23(29)27-18-9-12-28(15-18)11-8-16-1-4-19(5-2-16)30-20-7-10-26-14-20/h1-6,13,18,20,26H,7-12,14-15H2,(H,27,29)/t18?,20-/m0/s1. The van der Waals surface area contributed by atoms with Crippen LogP contribution in [0.15, 0.2) is 42.5 Å². The molecule has 0 spiro atoms. The lowest BCUT2D eigenvalue weighted by Crippen LogP contribution is -2.37. The first-order valence-corrected chi connectivity index (χ1v) is 11.3. The number of ether oxygens (including phenoxy) is 1. The molecule has 2 atom stereocenters. The number of rotatable bonds is 7. The summed E-state index contributed by atoms with van der Waals surface area (Å²) in [6.07, 6.45) is 3.30. The second kappa shape index (κ2) is 10.0. The summed E-state index contributed by atoms with van der Waals surface area (Å²) >= 11 is 11.9. The molecule has 1 amide bonds. The van der Waals surface area contributed by atoms with Crippen LogP contribution in [0.1, 0.15) is 28.8 Å². The Morgan fingerprint density at radius 1 is 1.13 bits per heavy atom. The smallest absolute Gasteiger partial charge is 0.251 e. The number of hydrogen-bond acceptors (Lipinski definition) is 4. The van der Waals surface area contributed by atoms with E-state index in [0.717, 1.165) is 57.7 Å². The van der Waals surface area contributed by atoms with Crippen LogP contribution in [-0.2, 0) is 6.42 Å². The van der Waals surface area contributed by atoms with E-state index < -0.39 is 0 Å². The lowest BCUT2D eigenvalue weighted by atomic mass is 10.1. The molecule has 2 aromatic carbocycles. The topological polar surface area (TPSA) is 53.6 Å². The molecule has 2 fully saturated rings. The Balaban J connectivity index is 1.21. The average molecular weight is 448 g/mol. The summed E-state index contributed by atoms with van der Waals surface area (Å²) in [5.74, 6) is 0.840. The van der Waals surface area contributed by atoms with Crippen molar-refractivity contribution < 1.29 is 9.53 Å². The monoisotopic (exact) mass is 447 g/mol. The van der Waals surface area contributed by atoms with Crippen LogP contribution in [0.2, 0.25) is 10.0 Å². The molecule has 4 rings (SSSR count). The molecule has 2 saturated heterocycles. The van der Waals surface area contributed by atoms with Gasteiger partial charge in [-0.1, -0.05) is 35.3 Å². The summed E-state index contributed by atoms with van der Waals surface area (Å²) < 4.78 is 5.98. The number of halogens is 2. The van der Waals surface area contributed by atoms with Crippen molar-refractivity contribution in [3.8, 4) is 5.75 Å². The Kier molecular flexibility index (Phi) is 7.16. The van der Waals surface area contributed by atoms with E-state index in [0.29, 0.717) is 15.6 Å². The summed E-state index contributed by atoms with van der Waals surface area (Å²) in [5, 5.41) is 7.28. The predicted molar refractivity (Wildman–Crippen MR) is 121 cm³/mol. The van der Waals surface area contributed by atoms with E-state index in [1.165, 1.54) is 5.56 Å². The normalized spacial score (nSPS) is 21.7. The average Bonchev–Trinajstić information content (AvgIpc) is 3.41. The van der Waals surface area contributed by atoms with Crippen molar-refractivity contribution in [1.82, 2.24) is 15.5 Å². The maximum atomic E-state index is 12.5. The Morgan fingerprint density at radius 2 is 1.97 bits per heavy atom. The molecule has 160 valence electrons. The Morgan fingerprint density at radius 3 is 2.70 bits per heavy atom. The highest BCUT2D eigenvalue weighted by Gasteiger charge is 2.24. The lowest BCUT2D eigenvalue weighted by Gasteiger charge is -2.17. The second-order valence-corrected chi connectivity index (χ2v) is 8.83. The van der Waals surface area contributed by atoms with Gasteiger partial charge in [0.05, 0.1) is 10.0 Å². The molecular weight excluding hydrogens is 421 g/mol. The fraction of sp³-hybridized carbons (Fsp3) is 0.435. The van der Waals surface area contributed by atoms with Gasteiger partial charge in [-0.2, -0.15) is 0 Å². The third-order valence-corrected chi connectivity index (χ3v) is 6.49. The summed E-state index contributed by atoms with van der Waals surface area (Å²) in [6.45, 7) is 4.80. The fourth-order valence-electron chi connectivity index (χ4n) is 4.00. The number of carbonyl (C=O) groups excluding carboxylic acids is 1. The minimum Gasteiger partial charge on any atom is -0.489 e. The van der Waals surface area contributed by atoms with Gasteiger partial charge in [-0.25, -0.2) is 0 Å². The van der Waals surface area contributed by atoms with Crippen molar-refractivity contribution in [1.29, 1.82) is 0 Å². The van der Waals surface area contributed by atoms with Gasteiger partial charge in [0.15, 0.2) is 0 Å². The number of amides is 1. The number of likely N-dealkylation sites (tertiary alicyclic amines) is 1. The Bertz CT molecular complexity index is 869. The first kappa shape index (κ1) is 21.4. The highest BCUT2D eigenvalue weighted by Crippen LogP contribution is 2.23. The number of nitrogens with one attached hydrogen (secondary N) is 2. The molecule has 2 aliphatic rings. The molecule has 5 nitrogen and oxygen atoms in total. The highest BCUT2D eigenvalue weighted by atomic mass is 35.5. The maximum Gasteiger partial charge on any atom is 0.251 e. The quantitative estimate of drug-likeness (QED) is 0.677. The first-order valence-electron chi connectivity index (χ1n) is 10.5. The van der Waals surface area contributed by atoms with Crippen molar-refractivity contribution in [2.45, 2.75) is 31.4 Å². The maximum absolute atomic E-state index is 12.5. The zero-order chi connectivity index (χ0) is 20.9. The SMILES string of the molecule is O=C(NC1CCN(CCc2ccc(O[C@H]3CCNC3)cc2)C1)c1ccc(Cl)c(Cl)c1. The van der Waals surface area contributed by atoms with Gasteiger partial charge < -0.3 is 20.3 Å². The summed E-state index contributed by atoms with van der Waals surface area (Å²) in [6, 6.07) is 13.6. The number of nitrogens with zero attached hydrogens (tertiary/aromatic N) is 1. The van der Waals surface area contributed by atoms with E-state index in [1.807, 2.05) is 0 Å². The van der Waals surface area contributed by atoms with Crippen molar-refractivity contribution in [2.75, 3.05) is 32.7 Å². The molecule has 2 heterocycles. The fourth-order valence-corrected chi connectivity index (χ4v) is 4.30. The highest BCUT2D eigenvalue weighted by molar-refractivity contribution is 6.42. The summed E-state index contributed by atoms with van der Waals surface area (Å²) in [5.41, 5.74) is 1.84. The van der Waals surface area contributed by atoms with E-state index in [4.69, 9.17) is 27.9 Å². The largest absolute Gasteiger partial charge is 0.489 e. The lowest BCUT2D eigenvalue weighted by molar-refractivity contribution is 0.0938. The number of carbonyl (C=O) groups is 1. The molecule has 0 aliphatic carbocycles. The Hall–Kier alpha value is -1.79. The van der Waals surface area contributed by atoms with Gasteiger partial charge in [-0.05, 0) is 61.7 Å². The molecule has 2 aromatic rings. The van der Waals surface area contributed by atoms with E-state index in [-0.39, 0.29) is 18.1 Å². The van der Waals surface area contributed by atoms with E-state index in [1.54, 1.807) is 18.2 Å². The third kappa shape index (κ3) is 5.67. The zero-order valence-electron chi connectivity index (χ0n) is 16.9. The van der Waals surface area contributed by atoms with Crippen LogP contribution in [0.3, 0.4) is 0 Å². The molecular formula is C23H27Cl2N3O2. The number of hydrogen-bond donors (Lipinski definition) is 2. The third-order valence-electron chi connectivity index (χ3n) is 5.75. The van der Waals surface area contributed by atoms with E-state index in [9.17, 15) is 4.79 Å². The zero-order valence-corrected chi connectivity index (χ0v) is 18.4. The van der Waals surface area contributed by atoms with Crippen LogP contribution >= 0.6 is 23.2 Å². The van der Waals surface area contributed by atoms with Crippen molar-refractivity contribution in [2.24, 2.45) is 0 Å². The van der Waals surface area contributed by atoms with Crippen LogP contribution in [0, 0.1) is 0 Å². The van der Waals surface area contributed by atoms with E-state index in [2.05, 4.69) is 39.8 Å². The Labute approximate surface area is 187 Å². The van der Waals surface area contributed by atoms with Gasteiger partial charge in [0.2, 0.25) is 0 Å². The molecule has 2 aliphatic heterocycles. The number of benzene rings is 2. The van der Waals surface area contributed by atoms with Crippen LogP contribution in [0.5, 0.6) is 5.75 Å². The molecule has 30 heavy (non-hydrogen) atoms. The molecule has 1 unspecified atom stereocenters. The van der Waals surface area contributed by atoms with Gasteiger partial charge in [0.1, 0.15) is 11.9 Å². The molecule has 7 heteroatoms. The molecule has 0 saturated carbocycles. The first-order chi connectivity index (χ1) is 14.6. The summed E-state index contributed by atoms with van der Waals surface area (Å²) in [7, 11) is 0. The van der Waals surface area contributed by atoms with Crippen LogP contribution in [-0.4, -0.2) is 55.7 Å². The van der Waals surface area contributed by atoms with Gasteiger partial charge >= 0.3 is 0 Å². The van der Waals surface area contributed by atoms with Crippen molar-refractivity contribution in [3.05, 3.63) is 63.6 Å². The van der Waals surface area contributed by atoms with Crippen molar-refractivity contribution >= 4 is 29.1 Å². The molecule has 0 bridgehead atoms. The molecule has 0 aromatic heterocycles. The summed E-state index contributed by atoms with van der Waals surface area (Å²) in [4.78, 5) is 14.9. The minimum absolute atomic E-state index is 0.103. The molecule has 0 radical (unpaired) electrons. The predicted octanol–water partition coefficient (Wildman–Crippen LogP) is 3.78.